The van der Waals surface area contributed by atoms with Crippen molar-refractivity contribution >= 4 is 5.91 Å². The minimum atomic E-state index is -0.369. The monoisotopic (exact) mass is 313 g/mol. The quantitative estimate of drug-likeness (QED) is 0.658. The highest BCUT2D eigenvalue weighted by atomic mass is 16.5. The maximum Gasteiger partial charge on any atom is 0.230 e. The molecule has 0 spiro atoms. The van der Waals surface area contributed by atoms with Crippen molar-refractivity contribution in [1.29, 1.82) is 0 Å². The van der Waals surface area contributed by atoms with Gasteiger partial charge in [0.1, 0.15) is 0 Å². The van der Waals surface area contributed by atoms with Crippen LogP contribution in [-0.4, -0.2) is 67.7 Å². The lowest BCUT2D eigenvalue weighted by atomic mass is 9.80. The number of carbonyl (C=O) groups excluding carboxylic acids is 1. The Morgan fingerprint density at radius 1 is 1.23 bits per heavy atom. The molecule has 0 aliphatic carbocycles. The third-order valence-electron chi connectivity index (χ3n) is 5.29. The van der Waals surface area contributed by atoms with Gasteiger partial charge in [-0.3, -0.25) is 9.69 Å². The molecule has 5 heteroatoms. The van der Waals surface area contributed by atoms with Gasteiger partial charge >= 0.3 is 0 Å². The number of hydrogen-bond donors (Lipinski definition) is 1. The van der Waals surface area contributed by atoms with Crippen LogP contribution in [0.15, 0.2) is 0 Å². The summed E-state index contributed by atoms with van der Waals surface area (Å²) in [5.41, 5.74) is 5.57. The molecule has 22 heavy (non-hydrogen) atoms. The minimum absolute atomic E-state index is 0.253. The number of amides is 1. The van der Waals surface area contributed by atoms with Crippen LogP contribution in [-0.2, 0) is 9.53 Å². The van der Waals surface area contributed by atoms with Crippen molar-refractivity contribution in [3.8, 4) is 0 Å². The van der Waals surface area contributed by atoms with E-state index in [1.165, 1.54) is 0 Å². The number of piperazine rings is 1. The van der Waals surface area contributed by atoms with E-state index in [1.807, 2.05) is 11.8 Å². The Morgan fingerprint density at radius 3 is 2.41 bits per heavy atom. The molecule has 1 amide bonds. The van der Waals surface area contributed by atoms with Crippen molar-refractivity contribution in [3.05, 3.63) is 0 Å². The fourth-order valence-corrected chi connectivity index (χ4v) is 3.35. The van der Waals surface area contributed by atoms with Gasteiger partial charge in [0.25, 0.3) is 0 Å². The minimum Gasteiger partial charge on any atom is -0.380 e. The third kappa shape index (κ3) is 4.43. The van der Waals surface area contributed by atoms with Gasteiger partial charge < -0.3 is 15.4 Å². The highest BCUT2D eigenvalue weighted by Crippen LogP contribution is 2.29. The van der Waals surface area contributed by atoms with Crippen molar-refractivity contribution in [2.45, 2.75) is 53.0 Å². The maximum atomic E-state index is 12.9. The van der Waals surface area contributed by atoms with E-state index in [4.69, 9.17) is 10.5 Å². The Bertz CT molecular complexity index is 324. The molecule has 0 bridgehead atoms. The molecule has 0 aromatic carbocycles. The predicted molar refractivity (Wildman–Crippen MR) is 90.8 cm³/mol. The van der Waals surface area contributed by atoms with Crippen molar-refractivity contribution in [3.63, 3.8) is 0 Å². The van der Waals surface area contributed by atoms with E-state index in [-0.39, 0.29) is 11.3 Å². The zero-order valence-corrected chi connectivity index (χ0v) is 14.9. The van der Waals surface area contributed by atoms with Gasteiger partial charge in [0.2, 0.25) is 5.91 Å². The summed E-state index contributed by atoms with van der Waals surface area (Å²) in [6.07, 6.45) is 2.70. The SMILES string of the molecule is CCOCCN1CCN(C(=O)C(CC)(CC)CN)CC1CC. The topological polar surface area (TPSA) is 58.8 Å². The first-order valence-electron chi connectivity index (χ1n) is 8.89. The van der Waals surface area contributed by atoms with Gasteiger partial charge in [0, 0.05) is 45.4 Å². The average Bonchev–Trinajstić information content (AvgIpc) is 2.57. The molecule has 2 N–H and O–H groups in total. The largest absolute Gasteiger partial charge is 0.380 e. The van der Waals surface area contributed by atoms with E-state index in [9.17, 15) is 4.79 Å². The van der Waals surface area contributed by atoms with Crippen LogP contribution in [0.3, 0.4) is 0 Å². The second-order valence-electron chi connectivity index (χ2n) is 6.24. The Hall–Kier alpha value is -0.650. The van der Waals surface area contributed by atoms with Crippen LogP contribution in [0, 0.1) is 5.41 Å². The fraction of sp³-hybridized carbons (Fsp3) is 0.941. The first-order valence-corrected chi connectivity index (χ1v) is 8.89. The highest BCUT2D eigenvalue weighted by molar-refractivity contribution is 5.83. The van der Waals surface area contributed by atoms with Crippen molar-refractivity contribution in [2.75, 3.05) is 45.9 Å². The van der Waals surface area contributed by atoms with Crippen LogP contribution in [0.25, 0.3) is 0 Å². The summed E-state index contributed by atoms with van der Waals surface area (Å²) in [7, 11) is 0. The Balaban J connectivity index is 2.67. The van der Waals surface area contributed by atoms with E-state index in [0.29, 0.717) is 12.6 Å². The third-order valence-corrected chi connectivity index (χ3v) is 5.29. The molecule has 1 rings (SSSR count). The Labute approximate surface area is 136 Å². The zero-order chi connectivity index (χ0) is 16.6. The van der Waals surface area contributed by atoms with Gasteiger partial charge in [0.05, 0.1) is 12.0 Å². The molecule has 1 aliphatic heterocycles. The molecule has 1 atom stereocenters. The molecule has 0 radical (unpaired) electrons. The second-order valence-corrected chi connectivity index (χ2v) is 6.24. The van der Waals surface area contributed by atoms with Gasteiger partial charge in [-0.15, -0.1) is 0 Å². The lowest BCUT2D eigenvalue weighted by Crippen LogP contribution is -2.58. The summed E-state index contributed by atoms with van der Waals surface area (Å²) < 4.78 is 5.47. The summed E-state index contributed by atoms with van der Waals surface area (Å²) in [5, 5.41) is 0. The van der Waals surface area contributed by atoms with E-state index >= 15 is 0 Å². The number of nitrogens with two attached hydrogens (primary N) is 1. The van der Waals surface area contributed by atoms with Gasteiger partial charge in [-0.2, -0.15) is 0 Å². The van der Waals surface area contributed by atoms with Crippen LogP contribution in [0.4, 0.5) is 0 Å². The number of carbonyl (C=O) groups is 1. The summed E-state index contributed by atoms with van der Waals surface area (Å²) in [6, 6.07) is 0.433. The van der Waals surface area contributed by atoms with Crippen molar-refractivity contribution in [2.24, 2.45) is 11.1 Å². The normalized spacial score (nSPS) is 20.4. The van der Waals surface area contributed by atoms with Gasteiger partial charge in [-0.25, -0.2) is 0 Å². The molecule has 5 nitrogen and oxygen atoms in total. The van der Waals surface area contributed by atoms with Gasteiger partial charge in [-0.1, -0.05) is 20.8 Å². The second kappa shape index (κ2) is 9.48. The molecule has 130 valence electrons. The van der Waals surface area contributed by atoms with Gasteiger partial charge in [0.15, 0.2) is 0 Å². The van der Waals surface area contributed by atoms with Crippen LogP contribution >= 0.6 is 0 Å². The maximum absolute atomic E-state index is 12.9. The van der Waals surface area contributed by atoms with Crippen LogP contribution in [0.5, 0.6) is 0 Å². The van der Waals surface area contributed by atoms with E-state index in [2.05, 4.69) is 25.7 Å². The van der Waals surface area contributed by atoms with Crippen LogP contribution in [0.2, 0.25) is 0 Å². The molecule has 0 saturated carbocycles. The van der Waals surface area contributed by atoms with E-state index < -0.39 is 0 Å². The predicted octanol–water partition coefficient (Wildman–Crippen LogP) is 1.71. The van der Waals surface area contributed by atoms with E-state index in [1.54, 1.807) is 0 Å². The van der Waals surface area contributed by atoms with E-state index in [0.717, 1.165) is 58.7 Å². The molecule has 0 aromatic rings. The van der Waals surface area contributed by atoms with Crippen molar-refractivity contribution < 1.29 is 9.53 Å². The molecule has 0 aromatic heterocycles. The summed E-state index contributed by atoms with van der Waals surface area (Å²) >= 11 is 0. The smallest absolute Gasteiger partial charge is 0.230 e. The summed E-state index contributed by atoms with van der Waals surface area (Å²) in [5.74, 6) is 0.253. The molecule has 1 saturated heterocycles. The fourth-order valence-electron chi connectivity index (χ4n) is 3.35. The number of rotatable bonds is 9. The lowest BCUT2D eigenvalue weighted by Gasteiger charge is -2.44. The average molecular weight is 313 g/mol. The summed E-state index contributed by atoms with van der Waals surface area (Å²) in [4.78, 5) is 17.5. The summed E-state index contributed by atoms with van der Waals surface area (Å²) in [6.45, 7) is 13.9. The van der Waals surface area contributed by atoms with Crippen LogP contribution in [0.1, 0.15) is 47.0 Å². The van der Waals surface area contributed by atoms with Gasteiger partial charge in [-0.05, 0) is 26.2 Å². The number of ether oxygens (including phenoxy) is 1. The molecule has 1 aliphatic rings. The molecule has 1 heterocycles. The molecule has 1 fully saturated rings. The molecule has 1 unspecified atom stereocenters. The lowest BCUT2D eigenvalue weighted by molar-refractivity contribution is -0.145. The number of nitrogens with zero attached hydrogens (tertiary/aromatic N) is 2. The molecular formula is C17H35N3O2. The first-order chi connectivity index (χ1) is 10.6. The Morgan fingerprint density at radius 2 is 1.91 bits per heavy atom. The Kier molecular flexibility index (Phi) is 8.36. The van der Waals surface area contributed by atoms with Crippen molar-refractivity contribution in [1.82, 2.24) is 9.80 Å². The number of hydrogen-bond acceptors (Lipinski definition) is 4. The highest BCUT2D eigenvalue weighted by Gasteiger charge is 2.39. The molecular weight excluding hydrogens is 278 g/mol. The van der Waals surface area contributed by atoms with Crippen LogP contribution < -0.4 is 5.73 Å². The first kappa shape index (κ1) is 19.4. The zero-order valence-electron chi connectivity index (χ0n) is 14.9. The standard InChI is InChI=1S/C17H35N3O2/c1-5-15-13-20(10-9-19(15)11-12-22-8-4)16(21)17(6-2,7-3)14-18/h15H,5-14,18H2,1-4H3.